The molecular weight excluding hydrogens is 268 g/mol. The summed E-state index contributed by atoms with van der Waals surface area (Å²) in [7, 11) is 4.14. The maximum atomic E-state index is 6.47. The number of nitrogens with zero attached hydrogens (tertiary/aromatic N) is 1. The van der Waals surface area contributed by atoms with Gasteiger partial charge in [-0.25, -0.2) is 0 Å². The van der Waals surface area contributed by atoms with Crippen molar-refractivity contribution in [3.05, 3.63) is 28.8 Å². The monoisotopic (exact) mass is 294 g/mol. The van der Waals surface area contributed by atoms with Crippen LogP contribution in [0.25, 0.3) is 0 Å². The zero-order chi connectivity index (χ0) is 14.5. The van der Waals surface area contributed by atoms with E-state index in [1.165, 1.54) is 37.7 Å². The molecule has 1 aromatic rings. The van der Waals surface area contributed by atoms with Gasteiger partial charge in [0.25, 0.3) is 0 Å². The van der Waals surface area contributed by atoms with Crippen molar-refractivity contribution < 1.29 is 0 Å². The van der Waals surface area contributed by atoms with E-state index in [4.69, 9.17) is 11.6 Å². The Bertz CT molecular complexity index is 427. The Balaban J connectivity index is 2.03. The number of anilines is 1. The molecule has 1 saturated carbocycles. The van der Waals surface area contributed by atoms with Crippen molar-refractivity contribution in [1.29, 1.82) is 0 Å². The van der Waals surface area contributed by atoms with E-state index in [0.29, 0.717) is 6.04 Å². The number of halogens is 1. The summed E-state index contributed by atoms with van der Waals surface area (Å²) in [6.45, 7) is 3.28. The van der Waals surface area contributed by atoms with Crippen molar-refractivity contribution in [1.82, 2.24) is 5.32 Å². The Labute approximate surface area is 128 Å². The number of nitrogens with one attached hydrogen (secondary N) is 1. The van der Waals surface area contributed by atoms with Crippen LogP contribution < -0.4 is 10.2 Å². The third-order valence-corrected chi connectivity index (χ3v) is 4.88. The predicted octanol–water partition coefficient (Wildman–Crippen LogP) is 4.64. The normalized spacial score (nSPS) is 18.0. The molecule has 1 aromatic carbocycles. The molecular formula is C17H27ClN2. The summed E-state index contributed by atoms with van der Waals surface area (Å²) in [6.07, 6.45) is 6.95. The Morgan fingerprint density at radius 1 is 1.30 bits per heavy atom. The van der Waals surface area contributed by atoms with Gasteiger partial charge in [-0.05, 0) is 50.4 Å². The van der Waals surface area contributed by atoms with Gasteiger partial charge in [0.1, 0.15) is 0 Å². The van der Waals surface area contributed by atoms with Gasteiger partial charge in [-0.3, -0.25) is 0 Å². The highest BCUT2D eigenvalue weighted by Crippen LogP contribution is 2.31. The highest BCUT2D eigenvalue weighted by molar-refractivity contribution is 6.33. The number of benzene rings is 1. The van der Waals surface area contributed by atoms with Crippen LogP contribution in [-0.4, -0.2) is 20.6 Å². The Kier molecular flexibility index (Phi) is 5.74. The molecule has 0 radical (unpaired) electrons. The first kappa shape index (κ1) is 15.7. The fourth-order valence-electron chi connectivity index (χ4n) is 3.12. The number of rotatable bonds is 5. The van der Waals surface area contributed by atoms with Crippen LogP contribution in [0, 0.1) is 5.92 Å². The average molecular weight is 295 g/mol. The fourth-order valence-corrected chi connectivity index (χ4v) is 3.46. The van der Waals surface area contributed by atoms with Crippen LogP contribution in [0.5, 0.6) is 0 Å². The summed E-state index contributed by atoms with van der Waals surface area (Å²) in [6, 6.07) is 6.77. The highest BCUT2D eigenvalue weighted by Gasteiger charge is 2.17. The van der Waals surface area contributed by atoms with E-state index in [9.17, 15) is 0 Å². The van der Waals surface area contributed by atoms with E-state index >= 15 is 0 Å². The van der Waals surface area contributed by atoms with Crippen molar-refractivity contribution in [2.24, 2.45) is 5.92 Å². The van der Waals surface area contributed by atoms with Gasteiger partial charge in [-0.15, -0.1) is 0 Å². The van der Waals surface area contributed by atoms with E-state index in [1.807, 2.05) is 7.05 Å². The SMILES string of the molecule is CNC(C)c1ccc(N(C)CC2CCCCC2)c(Cl)c1. The van der Waals surface area contributed by atoms with Crippen molar-refractivity contribution in [3.63, 3.8) is 0 Å². The molecule has 0 aliphatic heterocycles. The molecule has 0 aromatic heterocycles. The van der Waals surface area contributed by atoms with Gasteiger partial charge in [0.05, 0.1) is 10.7 Å². The molecule has 0 bridgehead atoms. The molecule has 1 atom stereocenters. The average Bonchev–Trinajstić information content (AvgIpc) is 2.47. The van der Waals surface area contributed by atoms with Gasteiger partial charge >= 0.3 is 0 Å². The summed E-state index contributed by atoms with van der Waals surface area (Å²) in [4.78, 5) is 2.33. The van der Waals surface area contributed by atoms with E-state index < -0.39 is 0 Å². The predicted molar refractivity (Wildman–Crippen MR) is 88.8 cm³/mol. The lowest BCUT2D eigenvalue weighted by Gasteiger charge is -2.29. The summed E-state index contributed by atoms with van der Waals surface area (Å²) >= 11 is 6.47. The Hall–Kier alpha value is -0.730. The fraction of sp³-hybridized carbons (Fsp3) is 0.647. The topological polar surface area (TPSA) is 15.3 Å². The first-order chi connectivity index (χ1) is 9.61. The van der Waals surface area contributed by atoms with E-state index in [2.05, 4.69) is 42.4 Å². The molecule has 1 N–H and O–H groups in total. The third kappa shape index (κ3) is 3.89. The molecule has 0 saturated heterocycles. The lowest BCUT2D eigenvalue weighted by atomic mass is 9.89. The van der Waals surface area contributed by atoms with Gasteiger partial charge in [0, 0.05) is 19.6 Å². The van der Waals surface area contributed by atoms with E-state index in [-0.39, 0.29) is 0 Å². The second-order valence-electron chi connectivity index (χ2n) is 6.11. The van der Waals surface area contributed by atoms with Crippen LogP contribution in [0.15, 0.2) is 18.2 Å². The van der Waals surface area contributed by atoms with Crippen LogP contribution in [-0.2, 0) is 0 Å². The minimum absolute atomic E-state index is 0.338. The molecule has 112 valence electrons. The molecule has 2 rings (SSSR count). The summed E-state index contributed by atoms with van der Waals surface area (Å²) < 4.78 is 0. The maximum absolute atomic E-state index is 6.47. The second kappa shape index (κ2) is 7.33. The lowest BCUT2D eigenvalue weighted by Crippen LogP contribution is -2.27. The minimum Gasteiger partial charge on any atom is -0.373 e. The van der Waals surface area contributed by atoms with Crippen molar-refractivity contribution in [3.8, 4) is 0 Å². The molecule has 2 nitrogen and oxygen atoms in total. The summed E-state index contributed by atoms with van der Waals surface area (Å²) in [5, 5.41) is 4.11. The standard InChI is InChI=1S/C17H27ClN2/c1-13(19-2)15-9-10-17(16(18)11-15)20(3)12-14-7-5-4-6-8-14/h9-11,13-14,19H,4-8,12H2,1-3H3. The molecule has 0 heterocycles. The van der Waals surface area contributed by atoms with Crippen LogP contribution in [0.2, 0.25) is 5.02 Å². The molecule has 20 heavy (non-hydrogen) atoms. The Morgan fingerprint density at radius 2 is 2.00 bits per heavy atom. The molecule has 1 unspecified atom stereocenters. The van der Waals surface area contributed by atoms with Crippen molar-refractivity contribution in [2.75, 3.05) is 25.5 Å². The quantitative estimate of drug-likeness (QED) is 0.851. The van der Waals surface area contributed by atoms with Gasteiger partial charge in [0.15, 0.2) is 0 Å². The largest absolute Gasteiger partial charge is 0.373 e. The molecule has 0 amide bonds. The van der Waals surface area contributed by atoms with E-state index in [1.54, 1.807) is 0 Å². The van der Waals surface area contributed by atoms with Crippen molar-refractivity contribution in [2.45, 2.75) is 45.1 Å². The molecule has 1 fully saturated rings. The number of hydrogen-bond acceptors (Lipinski definition) is 2. The maximum Gasteiger partial charge on any atom is 0.0642 e. The molecule has 3 heteroatoms. The first-order valence-electron chi connectivity index (χ1n) is 7.79. The zero-order valence-corrected chi connectivity index (χ0v) is 13.7. The lowest BCUT2D eigenvalue weighted by molar-refractivity contribution is 0.362. The van der Waals surface area contributed by atoms with Gasteiger partial charge < -0.3 is 10.2 Å². The summed E-state index contributed by atoms with van der Waals surface area (Å²) in [5.41, 5.74) is 2.40. The van der Waals surface area contributed by atoms with Crippen molar-refractivity contribution >= 4 is 17.3 Å². The molecule has 1 aliphatic carbocycles. The van der Waals surface area contributed by atoms with Crippen LogP contribution in [0.4, 0.5) is 5.69 Å². The van der Waals surface area contributed by atoms with Crippen LogP contribution >= 0.6 is 11.6 Å². The van der Waals surface area contributed by atoms with E-state index in [0.717, 1.165) is 23.2 Å². The first-order valence-corrected chi connectivity index (χ1v) is 8.17. The van der Waals surface area contributed by atoms with Gasteiger partial charge in [0.2, 0.25) is 0 Å². The summed E-state index contributed by atoms with van der Waals surface area (Å²) in [5.74, 6) is 0.834. The second-order valence-corrected chi connectivity index (χ2v) is 6.51. The number of hydrogen-bond donors (Lipinski definition) is 1. The highest BCUT2D eigenvalue weighted by atomic mass is 35.5. The smallest absolute Gasteiger partial charge is 0.0642 e. The zero-order valence-electron chi connectivity index (χ0n) is 13.0. The van der Waals surface area contributed by atoms with Gasteiger partial charge in [-0.1, -0.05) is 36.9 Å². The Morgan fingerprint density at radius 3 is 2.60 bits per heavy atom. The molecule has 0 spiro atoms. The van der Waals surface area contributed by atoms with Gasteiger partial charge in [-0.2, -0.15) is 0 Å². The third-order valence-electron chi connectivity index (χ3n) is 4.57. The minimum atomic E-state index is 0.338. The molecule has 1 aliphatic rings. The van der Waals surface area contributed by atoms with Crippen LogP contribution in [0.3, 0.4) is 0 Å². The van der Waals surface area contributed by atoms with Crippen LogP contribution in [0.1, 0.15) is 50.6 Å².